The number of halogens is 1. The van der Waals surface area contributed by atoms with Crippen molar-refractivity contribution in [3.8, 4) is 11.5 Å². The summed E-state index contributed by atoms with van der Waals surface area (Å²) in [6.45, 7) is 0. The number of ether oxygens (including phenoxy) is 1. The summed E-state index contributed by atoms with van der Waals surface area (Å²) >= 11 is 7.10. The van der Waals surface area contributed by atoms with Crippen LogP contribution in [0.15, 0.2) is 16.6 Å². The Kier molecular flexibility index (Phi) is 4.91. The highest BCUT2D eigenvalue weighted by atomic mass is 79.9. The third kappa shape index (κ3) is 2.82. The molecule has 6 heteroatoms. The van der Waals surface area contributed by atoms with E-state index in [4.69, 9.17) is 4.74 Å². The number of aliphatic hydroxyl groups excluding tert-OH is 2. The number of thiol groups is 1. The maximum absolute atomic E-state index is 9.79. The molecular weight excluding hydrogens is 296 g/mol. The largest absolute Gasteiger partial charge is 0.504 e. The molecule has 0 aliphatic carbocycles. The smallest absolute Gasteiger partial charge is 0.163 e. The molecule has 1 rings (SSSR count). The fourth-order valence-corrected chi connectivity index (χ4v) is 1.94. The Bertz CT molecular complexity index is 372. The molecule has 4 nitrogen and oxygen atoms in total. The van der Waals surface area contributed by atoms with Gasteiger partial charge in [-0.3, -0.25) is 0 Å². The van der Waals surface area contributed by atoms with Crippen LogP contribution in [-0.4, -0.2) is 34.3 Å². The summed E-state index contributed by atoms with van der Waals surface area (Å²) in [5, 5.41) is 29.0. The Balaban J connectivity index is 3.17. The minimum atomic E-state index is -1.20. The van der Waals surface area contributed by atoms with Crippen LogP contribution in [0.1, 0.15) is 11.7 Å². The Morgan fingerprint density at radius 3 is 2.56 bits per heavy atom. The molecule has 1 aromatic carbocycles. The van der Waals surface area contributed by atoms with Gasteiger partial charge in [-0.2, -0.15) is 12.6 Å². The second kappa shape index (κ2) is 5.77. The molecule has 2 atom stereocenters. The highest BCUT2D eigenvalue weighted by molar-refractivity contribution is 9.10. The molecule has 0 fully saturated rings. The fourth-order valence-electron chi connectivity index (χ4n) is 1.28. The van der Waals surface area contributed by atoms with Crippen molar-refractivity contribution in [1.29, 1.82) is 0 Å². The minimum Gasteiger partial charge on any atom is -0.504 e. The maximum Gasteiger partial charge on any atom is 0.163 e. The number of phenolic OH excluding ortho intramolecular Hbond substituents is 1. The Labute approximate surface area is 107 Å². The molecule has 16 heavy (non-hydrogen) atoms. The zero-order valence-electron chi connectivity index (χ0n) is 8.59. The third-order valence-electron chi connectivity index (χ3n) is 2.16. The van der Waals surface area contributed by atoms with Gasteiger partial charge in [-0.25, -0.2) is 0 Å². The number of hydrogen-bond acceptors (Lipinski definition) is 5. The second-order valence-electron chi connectivity index (χ2n) is 3.24. The van der Waals surface area contributed by atoms with Crippen LogP contribution in [0, 0.1) is 0 Å². The summed E-state index contributed by atoms with van der Waals surface area (Å²) in [6.07, 6.45) is -2.25. The van der Waals surface area contributed by atoms with Crippen molar-refractivity contribution in [3.63, 3.8) is 0 Å². The van der Waals surface area contributed by atoms with E-state index in [0.29, 0.717) is 4.47 Å². The first-order valence-corrected chi connectivity index (χ1v) is 5.97. The van der Waals surface area contributed by atoms with E-state index in [1.165, 1.54) is 13.2 Å². The fraction of sp³-hybridized carbons (Fsp3) is 0.400. The van der Waals surface area contributed by atoms with Crippen LogP contribution in [0.2, 0.25) is 0 Å². The molecule has 1 aromatic rings. The summed E-state index contributed by atoms with van der Waals surface area (Å²) < 4.78 is 5.58. The van der Waals surface area contributed by atoms with Gasteiger partial charge in [0.05, 0.1) is 13.2 Å². The first-order valence-electron chi connectivity index (χ1n) is 4.54. The van der Waals surface area contributed by atoms with Gasteiger partial charge in [0.2, 0.25) is 0 Å². The number of hydrogen-bond donors (Lipinski definition) is 4. The summed E-state index contributed by atoms with van der Waals surface area (Å²) in [5.41, 5.74) is 0.202. The van der Waals surface area contributed by atoms with Gasteiger partial charge in [0.25, 0.3) is 0 Å². The number of phenols is 1. The Hall–Kier alpha value is -0.430. The van der Waals surface area contributed by atoms with E-state index in [1.807, 2.05) is 0 Å². The van der Waals surface area contributed by atoms with Crippen molar-refractivity contribution in [1.82, 2.24) is 0 Å². The molecule has 0 spiro atoms. The van der Waals surface area contributed by atoms with E-state index in [-0.39, 0.29) is 22.8 Å². The molecule has 2 unspecified atom stereocenters. The normalized spacial score (nSPS) is 14.6. The number of aliphatic hydroxyl groups is 2. The van der Waals surface area contributed by atoms with Crippen molar-refractivity contribution in [2.45, 2.75) is 12.2 Å². The van der Waals surface area contributed by atoms with Gasteiger partial charge in [-0.05, 0) is 12.1 Å². The Morgan fingerprint density at radius 1 is 1.44 bits per heavy atom. The van der Waals surface area contributed by atoms with Gasteiger partial charge in [-0.15, -0.1) is 0 Å². The Morgan fingerprint density at radius 2 is 2.06 bits per heavy atom. The van der Waals surface area contributed by atoms with Gasteiger partial charge >= 0.3 is 0 Å². The zero-order chi connectivity index (χ0) is 12.3. The first kappa shape index (κ1) is 13.6. The van der Waals surface area contributed by atoms with Crippen LogP contribution in [0.25, 0.3) is 0 Å². The predicted octanol–water partition coefficient (Wildman–Crippen LogP) is 1.49. The number of methoxy groups -OCH3 is 1. The molecule has 0 saturated carbocycles. The van der Waals surface area contributed by atoms with Crippen molar-refractivity contribution in [3.05, 3.63) is 22.2 Å². The van der Waals surface area contributed by atoms with Gasteiger partial charge in [0.1, 0.15) is 6.10 Å². The van der Waals surface area contributed by atoms with Crippen LogP contribution in [-0.2, 0) is 0 Å². The van der Waals surface area contributed by atoms with Crippen LogP contribution < -0.4 is 4.74 Å². The molecule has 0 amide bonds. The molecule has 0 bridgehead atoms. The van der Waals surface area contributed by atoms with E-state index < -0.39 is 12.2 Å². The average molecular weight is 309 g/mol. The number of rotatable bonds is 4. The monoisotopic (exact) mass is 308 g/mol. The predicted molar refractivity (Wildman–Crippen MR) is 67.2 cm³/mol. The molecule has 0 radical (unpaired) electrons. The highest BCUT2D eigenvalue weighted by Gasteiger charge is 2.22. The minimum absolute atomic E-state index is 0.0927. The lowest BCUT2D eigenvalue weighted by molar-refractivity contribution is 0.0320. The summed E-state index contributed by atoms with van der Waals surface area (Å²) in [7, 11) is 1.41. The van der Waals surface area contributed by atoms with Crippen LogP contribution in [0.3, 0.4) is 0 Å². The third-order valence-corrected chi connectivity index (χ3v) is 2.99. The van der Waals surface area contributed by atoms with Crippen LogP contribution in [0.4, 0.5) is 0 Å². The molecule has 0 aliphatic rings. The van der Waals surface area contributed by atoms with Crippen LogP contribution >= 0.6 is 28.6 Å². The molecular formula is C10H13BrO4S. The van der Waals surface area contributed by atoms with Crippen molar-refractivity contribution < 1.29 is 20.1 Å². The lowest BCUT2D eigenvalue weighted by Gasteiger charge is -2.18. The first-order chi connectivity index (χ1) is 7.51. The van der Waals surface area contributed by atoms with Gasteiger partial charge in [-0.1, -0.05) is 15.9 Å². The van der Waals surface area contributed by atoms with Gasteiger partial charge in [0.15, 0.2) is 11.5 Å². The lowest BCUT2D eigenvalue weighted by Crippen LogP contribution is -2.20. The lowest BCUT2D eigenvalue weighted by atomic mass is 10.0. The standard InChI is InChI=1S/C10H13BrO4S/c1-15-8-3-5(11)2-6(10(8)14)9(13)7(12)4-16/h2-3,7,9,12-14,16H,4H2,1H3. The second-order valence-corrected chi connectivity index (χ2v) is 4.52. The van der Waals surface area contributed by atoms with Crippen molar-refractivity contribution >= 4 is 28.6 Å². The molecule has 0 saturated heterocycles. The summed E-state index contributed by atoms with van der Waals surface area (Å²) in [4.78, 5) is 0. The maximum atomic E-state index is 9.79. The van der Waals surface area contributed by atoms with Crippen molar-refractivity contribution in [2.75, 3.05) is 12.9 Å². The van der Waals surface area contributed by atoms with E-state index in [0.717, 1.165) is 0 Å². The van der Waals surface area contributed by atoms with Crippen LogP contribution in [0.5, 0.6) is 11.5 Å². The van der Waals surface area contributed by atoms with Crippen molar-refractivity contribution in [2.24, 2.45) is 0 Å². The molecule has 0 aromatic heterocycles. The van der Waals surface area contributed by atoms with E-state index in [1.54, 1.807) is 6.07 Å². The molecule has 0 aliphatic heterocycles. The summed E-state index contributed by atoms with van der Waals surface area (Å²) in [6, 6.07) is 3.09. The molecule has 3 N–H and O–H groups in total. The number of benzene rings is 1. The van der Waals surface area contributed by atoms with Gasteiger partial charge < -0.3 is 20.1 Å². The molecule has 0 heterocycles. The average Bonchev–Trinajstić information content (AvgIpc) is 2.29. The SMILES string of the molecule is COc1cc(Br)cc(C(O)C(O)CS)c1O. The zero-order valence-corrected chi connectivity index (χ0v) is 11.1. The van der Waals surface area contributed by atoms with E-state index >= 15 is 0 Å². The highest BCUT2D eigenvalue weighted by Crippen LogP contribution is 2.37. The topological polar surface area (TPSA) is 69.9 Å². The quantitative estimate of drug-likeness (QED) is 0.636. The van der Waals surface area contributed by atoms with Gasteiger partial charge in [0, 0.05) is 15.8 Å². The molecule has 90 valence electrons. The summed E-state index contributed by atoms with van der Waals surface area (Å²) in [5.74, 6) is 0.143. The van der Waals surface area contributed by atoms with E-state index in [2.05, 4.69) is 28.6 Å². The number of aromatic hydroxyl groups is 1. The van der Waals surface area contributed by atoms with E-state index in [9.17, 15) is 15.3 Å².